The molecule has 13 heavy (non-hydrogen) atoms. The Kier molecular flexibility index (Phi) is 4.72. The lowest BCUT2D eigenvalue weighted by atomic mass is 10.2. The quantitative estimate of drug-likeness (QED) is 0.707. The summed E-state index contributed by atoms with van der Waals surface area (Å²) < 4.78 is 0. The van der Waals surface area contributed by atoms with E-state index in [0.717, 1.165) is 24.4 Å². The first-order chi connectivity index (χ1) is 6.33. The van der Waals surface area contributed by atoms with Crippen LogP contribution in [0.5, 0.6) is 0 Å². The van der Waals surface area contributed by atoms with Crippen LogP contribution in [0.2, 0.25) is 0 Å². The Labute approximate surface area is 83.7 Å². The van der Waals surface area contributed by atoms with Crippen LogP contribution in [-0.4, -0.2) is 11.0 Å². The second-order valence-electron chi connectivity index (χ2n) is 3.07. The first kappa shape index (κ1) is 10.4. The third-order valence-corrected chi connectivity index (χ3v) is 2.67. The van der Waals surface area contributed by atoms with Gasteiger partial charge in [0.15, 0.2) is 0 Å². The van der Waals surface area contributed by atoms with Crippen molar-refractivity contribution in [1.82, 2.24) is 10.3 Å². The van der Waals surface area contributed by atoms with Crippen LogP contribution >= 0.6 is 11.3 Å². The highest BCUT2D eigenvalue weighted by Gasteiger charge is 2.00. The number of hydrogen-bond donors (Lipinski definition) is 1. The van der Waals surface area contributed by atoms with E-state index in [0.29, 0.717) is 6.04 Å². The standard InChI is InChI=1S/C10H16N2S/c1-3-4-5-9(2)12-8-10-11-6-7-13-10/h3,6-7,9,12H,1,4-5,8H2,2H3. The first-order valence-electron chi connectivity index (χ1n) is 4.55. The van der Waals surface area contributed by atoms with Crippen molar-refractivity contribution in [3.63, 3.8) is 0 Å². The van der Waals surface area contributed by atoms with Crippen molar-refractivity contribution in [2.45, 2.75) is 32.4 Å². The van der Waals surface area contributed by atoms with E-state index in [4.69, 9.17) is 0 Å². The zero-order valence-electron chi connectivity index (χ0n) is 7.99. The largest absolute Gasteiger partial charge is 0.308 e. The number of thiazole rings is 1. The molecule has 1 N–H and O–H groups in total. The molecular formula is C10H16N2S. The molecule has 0 spiro atoms. The van der Waals surface area contributed by atoms with Gasteiger partial charge < -0.3 is 5.32 Å². The molecule has 0 saturated carbocycles. The molecule has 1 rings (SSSR count). The van der Waals surface area contributed by atoms with Gasteiger partial charge in [0, 0.05) is 24.2 Å². The summed E-state index contributed by atoms with van der Waals surface area (Å²) in [6.07, 6.45) is 6.03. The molecule has 0 bridgehead atoms. The third kappa shape index (κ3) is 4.20. The molecule has 2 nitrogen and oxygen atoms in total. The number of nitrogens with one attached hydrogen (secondary N) is 1. The van der Waals surface area contributed by atoms with Gasteiger partial charge >= 0.3 is 0 Å². The Morgan fingerprint density at radius 1 is 1.77 bits per heavy atom. The van der Waals surface area contributed by atoms with Gasteiger partial charge in [-0.1, -0.05) is 6.08 Å². The number of hydrogen-bond acceptors (Lipinski definition) is 3. The fraction of sp³-hybridized carbons (Fsp3) is 0.500. The van der Waals surface area contributed by atoms with Crippen molar-refractivity contribution in [1.29, 1.82) is 0 Å². The molecule has 0 saturated heterocycles. The highest BCUT2D eigenvalue weighted by atomic mass is 32.1. The van der Waals surface area contributed by atoms with E-state index < -0.39 is 0 Å². The minimum atomic E-state index is 0.543. The van der Waals surface area contributed by atoms with Crippen LogP contribution < -0.4 is 5.32 Å². The number of aromatic nitrogens is 1. The molecule has 1 atom stereocenters. The highest BCUT2D eigenvalue weighted by molar-refractivity contribution is 7.09. The zero-order chi connectivity index (χ0) is 9.52. The molecule has 1 aromatic heterocycles. The predicted molar refractivity (Wildman–Crippen MR) is 57.8 cm³/mol. The molecular weight excluding hydrogens is 180 g/mol. The van der Waals surface area contributed by atoms with Gasteiger partial charge in [-0.25, -0.2) is 4.98 Å². The molecule has 0 radical (unpaired) electrons. The zero-order valence-corrected chi connectivity index (χ0v) is 8.81. The smallest absolute Gasteiger partial charge is 0.106 e. The molecule has 0 aliphatic rings. The highest BCUT2D eigenvalue weighted by Crippen LogP contribution is 2.04. The second kappa shape index (κ2) is 5.89. The van der Waals surface area contributed by atoms with Gasteiger partial charge in [0.05, 0.1) is 0 Å². The fourth-order valence-corrected chi connectivity index (χ4v) is 1.64. The lowest BCUT2D eigenvalue weighted by molar-refractivity contribution is 0.517. The molecule has 1 unspecified atom stereocenters. The summed E-state index contributed by atoms with van der Waals surface area (Å²) in [6, 6.07) is 0.543. The third-order valence-electron chi connectivity index (χ3n) is 1.89. The maximum Gasteiger partial charge on any atom is 0.106 e. The van der Waals surface area contributed by atoms with Crippen molar-refractivity contribution in [3.8, 4) is 0 Å². The van der Waals surface area contributed by atoms with E-state index in [-0.39, 0.29) is 0 Å². The Morgan fingerprint density at radius 3 is 3.23 bits per heavy atom. The van der Waals surface area contributed by atoms with Crippen molar-refractivity contribution < 1.29 is 0 Å². The van der Waals surface area contributed by atoms with Crippen LogP contribution in [0.4, 0.5) is 0 Å². The molecule has 0 amide bonds. The number of nitrogens with zero attached hydrogens (tertiary/aromatic N) is 1. The summed E-state index contributed by atoms with van der Waals surface area (Å²) in [7, 11) is 0. The normalized spacial score (nSPS) is 12.7. The van der Waals surface area contributed by atoms with Gasteiger partial charge in [-0.05, 0) is 19.8 Å². The summed E-state index contributed by atoms with van der Waals surface area (Å²) in [5.74, 6) is 0. The summed E-state index contributed by atoms with van der Waals surface area (Å²) in [5, 5.41) is 6.58. The van der Waals surface area contributed by atoms with Crippen LogP contribution in [0.15, 0.2) is 24.2 Å². The van der Waals surface area contributed by atoms with Crippen LogP contribution in [0.1, 0.15) is 24.8 Å². The van der Waals surface area contributed by atoms with Gasteiger partial charge in [-0.2, -0.15) is 0 Å². The maximum absolute atomic E-state index is 4.20. The van der Waals surface area contributed by atoms with Gasteiger partial charge in [0.2, 0.25) is 0 Å². The van der Waals surface area contributed by atoms with Gasteiger partial charge in [0.1, 0.15) is 5.01 Å². The van der Waals surface area contributed by atoms with Crippen LogP contribution in [-0.2, 0) is 6.54 Å². The lowest BCUT2D eigenvalue weighted by Gasteiger charge is -2.10. The lowest BCUT2D eigenvalue weighted by Crippen LogP contribution is -2.24. The minimum Gasteiger partial charge on any atom is -0.308 e. The summed E-state index contributed by atoms with van der Waals surface area (Å²) in [5.41, 5.74) is 0. The average molecular weight is 196 g/mol. The Balaban J connectivity index is 2.15. The summed E-state index contributed by atoms with van der Waals surface area (Å²) in [6.45, 7) is 6.78. The topological polar surface area (TPSA) is 24.9 Å². The fourth-order valence-electron chi connectivity index (χ4n) is 1.07. The second-order valence-corrected chi connectivity index (χ2v) is 4.05. The Morgan fingerprint density at radius 2 is 2.62 bits per heavy atom. The van der Waals surface area contributed by atoms with Gasteiger partial charge in [-0.3, -0.25) is 0 Å². The van der Waals surface area contributed by atoms with E-state index >= 15 is 0 Å². The monoisotopic (exact) mass is 196 g/mol. The molecule has 1 heterocycles. The van der Waals surface area contributed by atoms with Crippen molar-refractivity contribution in [2.24, 2.45) is 0 Å². The van der Waals surface area contributed by atoms with Crippen molar-refractivity contribution >= 4 is 11.3 Å². The molecule has 0 fully saturated rings. The molecule has 72 valence electrons. The maximum atomic E-state index is 4.20. The van der Waals surface area contributed by atoms with Crippen molar-refractivity contribution in [3.05, 3.63) is 29.2 Å². The molecule has 0 aliphatic heterocycles. The van der Waals surface area contributed by atoms with Gasteiger partial charge in [-0.15, -0.1) is 17.9 Å². The van der Waals surface area contributed by atoms with E-state index in [9.17, 15) is 0 Å². The van der Waals surface area contributed by atoms with E-state index in [2.05, 4.69) is 23.8 Å². The predicted octanol–water partition coefficient (Wildman–Crippen LogP) is 2.59. The Bertz CT molecular complexity index is 231. The van der Waals surface area contributed by atoms with Crippen molar-refractivity contribution in [2.75, 3.05) is 0 Å². The average Bonchev–Trinajstić information content (AvgIpc) is 2.64. The van der Waals surface area contributed by atoms with E-state index in [1.165, 1.54) is 0 Å². The first-order valence-corrected chi connectivity index (χ1v) is 5.43. The summed E-state index contributed by atoms with van der Waals surface area (Å²) >= 11 is 1.69. The molecule has 1 aromatic rings. The van der Waals surface area contributed by atoms with Crippen LogP contribution in [0.3, 0.4) is 0 Å². The minimum absolute atomic E-state index is 0.543. The van der Waals surface area contributed by atoms with Crippen LogP contribution in [0, 0.1) is 0 Å². The molecule has 3 heteroatoms. The molecule has 0 aliphatic carbocycles. The Hall–Kier alpha value is -0.670. The van der Waals surface area contributed by atoms with Gasteiger partial charge in [0.25, 0.3) is 0 Å². The SMILES string of the molecule is C=CCCC(C)NCc1nccs1. The van der Waals surface area contributed by atoms with E-state index in [1.54, 1.807) is 11.3 Å². The van der Waals surface area contributed by atoms with E-state index in [1.807, 2.05) is 17.7 Å². The number of rotatable bonds is 6. The molecule has 0 aromatic carbocycles. The number of allylic oxidation sites excluding steroid dienone is 1. The van der Waals surface area contributed by atoms with Crippen LogP contribution in [0.25, 0.3) is 0 Å². The summed E-state index contributed by atoms with van der Waals surface area (Å²) in [4.78, 5) is 4.20.